The summed E-state index contributed by atoms with van der Waals surface area (Å²) in [4.78, 5) is 12.0. The van der Waals surface area contributed by atoms with Crippen molar-refractivity contribution in [2.24, 2.45) is 5.10 Å². The first-order valence-corrected chi connectivity index (χ1v) is 7.34. The highest BCUT2D eigenvalue weighted by atomic mass is 16.5. The van der Waals surface area contributed by atoms with Gasteiger partial charge in [0.2, 0.25) is 0 Å². The third-order valence-electron chi connectivity index (χ3n) is 3.45. The van der Waals surface area contributed by atoms with Crippen LogP contribution in [0.5, 0.6) is 5.75 Å². The van der Waals surface area contributed by atoms with Crippen LogP contribution in [0.2, 0.25) is 0 Å². The van der Waals surface area contributed by atoms with E-state index < -0.39 is 0 Å². The van der Waals surface area contributed by atoms with Crippen molar-refractivity contribution in [3.8, 4) is 17.0 Å². The number of aromatic amines is 1. The van der Waals surface area contributed by atoms with E-state index in [4.69, 9.17) is 4.74 Å². The van der Waals surface area contributed by atoms with Crippen molar-refractivity contribution in [2.75, 3.05) is 7.11 Å². The number of benzene rings is 2. The van der Waals surface area contributed by atoms with Crippen LogP contribution >= 0.6 is 0 Å². The Bertz CT molecular complexity index is 839. The summed E-state index contributed by atoms with van der Waals surface area (Å²) in [5.41, 5.74) is 5.64. The minimum atomic E-state index is -0.293. The molecule has 120 valence electrons. The number of rotatable bonds is 5. The molecule has 0 radical (unpaired) electrons. The number of nitrogens with zero attached hydrogens (tertiary/aromatic N) is 2. The van der Waals surface area contributed by atoms with Crippen LogP contribution in [0.4, 0.5) is 0 Å². The number of carbonyl (C=O) groups excluding carboxylic acids is 1. The van der Waals surface area contributed by atoms with Gasteiger partial charge in [0, 0.05) is 16.7 Å². The van der Waals surface area contributed by atoms with Gasteiger partial charge in [-0.25, -0.2) is 5.43 Å². The summed E-state index contributed by atoms with van der Waals surface area (Å²) < 4.78 is 5.06. The largest absolute Gasteiger partial charge is 0.497 e. The molecule has 1 amide bonds. The molecule has 3 aromatic rings. The second-order valence-electron chi connectivity index (χ2n) is 4.99. The highest BCUT2D eigenvalue weighted by Crippen LogP contribution is 2.19. The lowest BCUT2D eigenvalue weighted by molar-refractivity contribution is 0.0955. The van der Waals surface area contributed by atoms with E-state index in [0.29, 0.717) is 11.3 Å². The Kier molecular flexibility index (Phi) is 4.67. The Balaban J connectivity index is 1.68. The van der Waals surface area contributed by atoms with Gasteiger partial charge in [0.15, 0.2) is 0 Å². The highest BCUT2D eigenvalue weighted by molar-refractivity contribution is 5.95. The number of hydrogen-bond acceptors (Lipinski definition) is 4. The van der Waals surface area contributed by atoms with Gasteiger partial charge in [-0.1, -0.05) is 30.3 Å². The lowest BCUT2D eigenvalue weighted by Gasteiger charge is -2.02. The Morgan fingerprint density at radius 1 is 1.17 bits per heavy atom. The molecule has 0 bridgehead atoms. The van der Waals surface area contributed by atoms with Gasteiger partial charge in [0.05, 0.1) is 25.2 Å². The topological polar surface area (TPSA) is 79.4 Å². The van der Waals surface area contributed by atoms with Crippen molar-refractivity contribution in [2.45, 2.75) is 0 Å². The van der Waals surface area contributed by atoms with Crippen LogP contribution in [0.25, 0.3) is 11.3 Å². The Hall–Kier alpha value is -3.41. The summed E-state index contributed by atoms with van der Waals surface area (Å²) in [6.45, 7) is 0. The maximum Gasteiger partial charge on any atom is 0.271 e. The molecule has 3 rings (SSSR count). The van der Waals surface area contributed by atoms with Crippen molar-refractivity contribution >= 4 is 12.1 Å². The van der Waals surface area contributed by atoms with E-state index in [-0.39, 0.29) is 5.91 Å². The van der Waals surface area contributed by atoms with Gasteiger partial charge in [-0.2, -0.15) is 10.2 Å². The molecular formula is C18H16N4O2. The molecule has 6 heteroatoms. The number of hydrazone groups is 1. The van der Waals surface area contributed by atoms with Crippen molar-refractivity contribution in [1.82, 2.24) is 15.6 Å². The highest BCUT2D eigenvalue weighted by Gasteiger charge is 2.06. The van der Waals surface area contributed by atoms with Crippen LogP contribution < -0.4 is 10.2 Å². The van der Waals surface area contributed by atoms with Gasteiger partial charge in [-0.15, -0.1) is 0 Å². The molecule has 0 unspecified atom stereocenters. The third-order valence-corrected chi connectivity index (χ3v) is 3.45. The van der Waals surface area contributed by atoms with Crippen molar-refractivity contribution in [1.29, 1.82) is 0 Å². The molecule has 0 saturated heterocycles. The number of aromatic nitrogens is 2. The smallest absolute Gasteiger partial charge is 0.271 e. The number of ether oxygens (including phenoxy) is 1. The maximum atomic E-state index is 12.0. The van der Waals surface area contributed by atoms with Crippen LogP contribution in [0.1, 0.15) is 15.9 Å². The molecule has 0 atom stereocenters. The molecule has 0 fully saturated rings. The predicted octanol–water partition coefficient (Wildman–Crippen LogP) is 2.85. The standard InChI is InChI=1S/C18H16N4O2/c1-24-16-9-7-14(8-10-16)18(23)22-20-12-15-11-19-21-17(15)13-5-3-2-4-6-13/h2-12H,1H3,(H,19,21)(H,22,23)/b20-12+. The fourth-order valence-corrected chi connectivity index (χ4v) is 2.20. The van der Waals surface area contributed by atoms with E-state index in [1.165, 1.54) is 0 Å². The number of methoxy groups -OCH3 is 1. The van der Waals surface area contributed by atoms with E-state index in [2.05, 4.69) is 20.7 Å². The normalized spacial score (nSPS) is 10.7. The molecule has 0 aliphatic carbocycles. The number of nitrogens with one attached hydrogen (secondary N) is 2. The lowest BCUT2D eigenvalue weighted by atomic mass is 10.1. The molecule has 0 spiro atoms. The summed E-state index contributed by atoms with van der Waals surface area (Å²) in [5, 5.41) is 11.0. The van der Waals surface area contributed by atoms with E-state index in [0.717, 1.165) is 16.8 Å². The van der Waals surface area contributed by atoms with E-state index >= 15 is 0 Å². The van der Waals surface area contributed by atoms with E-state index in [9.17, 15) is 4.79 Å². The number of hydrogen-bond donors (Lipinski definition) is 2. The minimum absolute atomic E-state index is 0.293. The lowest BCUT2D eigenvalue weighted by Crippen LogP contribution is -2.17. The van der Waals surface area contributed by atoms with Gasteiger partial charge in [0.25, 0.3) is 5.91 Å². The van der Waals surface area contributed by atoms with Crippen LogP contribution in [-0.4, -0.2) is 29.4 Å². The van der Waals surface area contributed by atoms with Crippen LogP contribution in [0, 0.1) is 0 Å². The number of H-pyrrole nitrogens is 1. The van der Waals surface area contributed by atoms with E-state index in [1.807, 2.05) is 30.3 Å². The molecule has 0 aliphatic heterocycles. The molecule has 0 aliphatic rings. The molecule has 0 saturated carbocycles. The first-order valence-electron chi connectivity index (χ1n) is 7.34. The predicted molar refractivity (Wildman–Crippen MR) is 92.1 cm³/mol. The average molecular weight is 320 g/mol. The SMILES string of the molecule is COc1ccc(C(=O)N/N=C/c2cn[nH]c2-c2ccccc2)cc1. The van der Waals surface area contributed by atoms with Crippen LogP contribution in [0.3, 0.4) is 0 Å². The Morgan fingerprint density at radius 2 is 1.92 bits per heavy atom. The third kappa shape index (κ3) is 3.49. The van der Waals surface area contributed by atoms with Gasteiger partial charge < -0.3 is 4.74 Å². The first kappa shape index (κ1) is 15.5. The van der Waals surface area contributed by atoms with Crippen molar-refractivity contribution in [3.63, 3.8) is 0 Å². The monoisotopic (exact) mass is 320 g/mol. The summed E-state index contributed by atoms with van der Waals surface area (Å²) in [5.74, 6) is 0.402. The van der Waals surface area contributed by atoms with Gasteiger partial charge in [-0.3, -0.25) is 9.89 Å². The molecule has 6 nitrogen and oxygen atoms in total. The van der Waals surface area contributed by atoms with Gasteiger partial charge in [-0.05, 0) is 24.3 Å². The Morgan fingerprint density at radius 3 is 2.62 bits per heavy atom. The van der Waals surface area contributed by atoms with Gasteiger partial charge >= 0.3 is 0 Å². The van der Waals surface area contributed by atoms with Crippen LogP contribution in [0.15, 0.2) is 65.9 Å². The minimum Gasteiger partial charge on any atom is -0.497 e. The number of carbonyl (C=O) groups is 1. The average Bonchev–Trinajstić information content (AvgIpc) is 3.11. The molecule has 1 heterocycles. The summed E-state index contributed by atoms with van der Waals surface area (Å²) >= 11 is 0. The second kappa shape index (κ2) is 7.23. The maximum absolute atomic E-state index is 12.0. The molecule has 2 N–H and O–H groups in total. The van der Waals surface area contributed by atoms with Crippen molar-refractivity contribution in [3.05, 3.63) is 71.9 Å². The fourth-order valence-electron chi connectivity index (χ4n) is 2.20. The zero-order chi connectivity index (χ0) is 16.8. The number of amides is 1. The van der Waals surface area contributed by atoms with Crippen molar-refractivity contribution < 1.29 is 9.53 Å². The molecule has 24 heavy (non-hydrogen) atoms. The quantitative estimate of drug-likeness (QED) is 0.560. The summed E-state index contributed by atoms with van der Waals surface area (Å²) in [6.07, 6.45) is 3.22. The zero-order valence-electron chi connectivity index (χ0n) is 13.1. The summed E-state index contributed by atoms with van der Waals surface area (Å²) in [7, 11) is 1.58. The molecular weight excluding hydrogens is 304 g/mol. The van der Waals surface area contributed by atoms with Gasteiger partial charge in [0.1, 0.15) is 5.75 Å². The van der Waals surface area contributed by atoms with Crippen LogP contribution in [-0.2, 0) is 0 Å². The first-order chi connectivity index (χ1) is 11.8. The Labute approximate surface area is 139 Å². The zero-order valence-corrected chi connectivity index (χ0v) is 13.1. The molecule has 2 aromatic carbocycles. The molecule has 1 aromatic heterocycles. The van der Waals surface area contributed by atoms with E-state index in [1.54, 1.807) is 43.8 Å². The fraction of sp³-hybridized carbons (Fsp3) is 0.0556. The second-order valence-corrected chi connectivity index (χ2v) is 4.99. The summed E-state index contributed by atoms with van der Waals surface area (Å²) in [6, 6.07) is 16.6.